The Bertz CT molecular complexity index is 889. The lowest BCUT2D eigenvalue weighted by Crippen LogP contribution is -2.46. The largest absolute Gasteiger partial charge is 0.462 e. The minimum atomic E-state index is -0.786. The predicted molar refractivity (Wildman–Crippen MR) is 241 cm³/mol. The lowest BCUT2D eigenvalue weighted by molar-refractivity contribution is -0.151. The van der Waals surface area contributed by atoms with Gasteiger partial charge in [-0.1, -0.05) is 218 Å². The fourth-order valence-electron chi connectivity index (χ4n) is 7.54. The van der Waals surface area contributed by atoms with Crippen molar-refractivity contribution in [1.82, 2.24) is 5.32 Å². The van der Waals surface area contributed by atoms with Gasteiger partial charge in [-0.25, -0.2) is 0 Å². The van der Waals surface area contributed by atoms with Crippen molar-refractivity contribution >= 4 is 11.9 Å². The second-order valence-corrected chi connectivity index (χ2v) is 16.9. The number of carbonyl (C=O) groups excluding carboxylic acids is 2. The molecule has 0 aliphatic rings. The van der Waals surface area contributed by atoms with Crippen molar-refractivity contribution in [1.29, 1.82) is 0 Å². The number of amides is 1. The van der Waals surface area contributed by atoms with Crippen LogP contribution in [0, 0.1) is 0 Å². The molecule has 0 radical (unpaired) electrons. The minimum absolute atomic E-state index is 0.0709. The van der Waals surface area contributed by atoms with Crippen LogP contribution in [0.2, 0.25) is 0 Å². The molecule has 0 aromatic carbocycles. The van der Waals surface area contributed by atoms with E-state index in [2.05, 4.69) is 50.4 Å². The molecule has 0 bridgehead atoms. The van der Waals surface area contributed by atoms with Crippen molar-refractivity contribution in [3.8, 4) is 0 Å². The van der Waals surface area contributed by atoms with Gasteiger partial charge >= 0.3 is 5.97 Å². The minimum Gasteiger partial charge on any atom is -0.462 e. The third-order valence-electron chi connectivity index (χ3n) is 11.3. The summed E-state index contributed by atoms with van der Waals surface area (Å²) in [6.07, 6.45) is 49.6. The average molecular weight is 790 g/mol. The number of hydrogen-bond donors (Lipinski definition) is 3. The number of nitrogens with one attached hydrogen (secondary N) is 1. The molecule has 0 saturated heterocycles. The molecule has 0 rings (SSSR count). The Morgan fingerprint density at radius 2 is 0.893 bits per heavy atom. The first-order chi connectivity index (χ1) is 27.5. The molecule has 0 spiro atoms. The Labute approximate surface area is 348 Å². The third kappa shape index (κ3) is 39.2. The van der Waals surface area contributed by atoms with E-state index in [0.29, 0.717) is 19.3 Å². The van der Waals surface area contributed by atoms with Gasteiger partial charge in [0.25, 0.3) is 0 Å². The van der Waals surface area contributed by atoms with Crippen molar-refractivity contribution in [3.63, 3.8) is 0 Å². The Morgan fingerprint density at radius 1 is 0.518 bits per heavy atom. The van der Waals surface area contributed by atoms with Gasteiger partial charge in [0, 0.05) is 6.42 Å². The maximum Gasteiger partial charge on any atom is 0.306 e. The highest BCUT2D eigenvalue weighted by Crippen LogP contribution is 2.18. The second kappa shape index (κ2) is 44.4. The monoisotopic (exact) mass is 790 g/mol. The number of rotatable bonds is 44. The van der Waals surface area contributed by atoms with Gasteiger partial charge in [0.15, 0.2) is 0 Å². The Hall–Kier alpha value is -1.66. The van der Waals surface area contributed by atoms with Crippen LogP contribution >= 0.6 is 0 Å². The van der Waals surface area contributed by atoms with E-state index in [-0.39, 0.29) is 24.9 Å². The van der Waals surface area contributed by atoms with Crippen LogP contribution < -0.4 is 5.32 Å². The maximum absolute atomic E-state index is 13.1. The van der Waals surface area contributed by atoms with Crippen LogP contribution in [0.1, 0.15) is 258 Å². The number of esters is 1. The highest BCUT2D eigenvalue weighted by atomic mass is 16.5. The lowest BCUT2D eigenvalue weighted by Gasteiger charge is -2.24. The zero-order valence-electron chi connectivity index (χ0n) is 37.5. The van der Waals surface area contributed by atoms with E-state index in [1.165, 1.54) is 148 Å². The van der Waals surface area contributed by atoms with E-state index in [9.17, 15) is 19.8 Å². The number of ether oxygens (including phenoxy) is 1. The molecule has 56 heavy (non-hydrogen) atoms. The SMILES string of the molecule is CCCCCCCCC/C=C/C=C/CCCCCC(=O)OC(CCCCCCCCCC)CC(=O)NC(CO)C(O)CCCCCCCCCCCCCCC. The van der Waals surface area contributed by atoms with Crippen molar-refractivity contribution < 1.29 is 24.5 Å². The lowest BCUT2D eigenvalue weighted by atomic mass is 10.0. The first-order valence-corrected chi connectivity index (χ1v) is 24.6. The molecule has 3 unspecified atom stereocenters. The van der Waals surface area contributed by atoms with Crippen LogP contribution in [0.4, 0.5) is 0 Å². The maximum atomic E-state index is 13.1. The summed E-state index contributed by atoms with van der Waals surface area (Å²) >= 11 is 0. The number of unbranched alkanes of at least 4 members (excludes halogenated alkanes) is 29. The molecule has 1 amide bonds. The zero-order chi connectivity index (χ0) is 41.0. The smallest absolute Gasteiger partial charge is 0.306 e. The van der Waals surface area contributed by atoms with Crippen molar-refractivity contribution in [2.75, 3.05) is 6.61 Å². The number of allylic oxidation sites excluding steroid dienone is 4. The molecule has 3 atom stereocenters. The summed E-state index contributed by atoms with van der Waals surface area (Å²) in [5.74, 6) is -0.499. The summed E-state index contributed by atoms with van der Waals surface area (Å²) in [6, 6.07) is -0.700. The van der Waals surface area contributed by atoms with E-state index < -0.39 is 18.2 Å². The predicted octanol–water partition coefficient (Wildman–Crippen LogP) is 14.3. The van der Waals surface area contributed by atoms with Crippen LogP contribution in [-0.2, 0) is 14.3 Å². The quantitative estimate of drug-likeness (QED) is 0.0324. The molecule has 6 heteroatoms. The van der Waals surface area contributed by atoms with Gasteiger partial charge in [0.2, 0.25) is 5.91 Å². The van der Waals surface area contributed by atoms with Gasteiger partial charge < -0.3 is 20.3 Å². The summed E-state index contributed by atoms with van der Waals surface area (Å²) in [6.45, 7) is 6.45. The molecule has 0 aromatic heterocycles. The number of aliphatic hydroxyl groups is 2. The van der Waals surface area contributed by atoms with E-state index in [1.807, 2.05) is 0 Å². The first-order valence-electron chi connectivity index (χ1n) is 24.6. The molecule has 0 heterocycles. The molecule has 0 fully saturated rings. The first kappa shape index (κ1) is 54.3. The summed E-state index contributed by atoms with van der Waals surface area (Å²) in [5, 5.41) is 23.7. The van der Waals surface area contributed by atoms with Crippen LogP contribution in [0.5, 0.6) is 0 Å². The normalized spacial score (nSPS) is 13.4. The Kier molecular flexibility index (Phi) is 43.1. The topological polar surface area (TPSA) is 95.9 Å². The van der Waals surface area contributed by atoms with Gasteiger partial charge in [0.05, 0.1) is 25.2 Å². The van der Waals surface area contributed by atoms with Gasteiger partial charge in [-0.05, 0) is 51.4 Å². The van der Waals surface area contributed by atoms with Crippen LogP contribution in [0.15, 0.2) is 24.3 Å². The molecule has 0 saturated carbocycles. The summed E-state index contributed by atoms with van der Waals surface area (Å²) < 4.78 is 5.89. The summed E-state index contributed by atoms with van der Waals surface area (Å²) in [7, 11) is 0. The third-order valence-corrected chi connectivity index (χ3v) is 11.3. The number of hydrogen-bond acceptors (Lipinski definition) is 5. The van der Waals surface area contributed by atoms with E-state index in [1.54, 1.807) is 0 Å². The summed E-state index contributed by atoms with van der Waals surface area (Å²) in [4.78, 5) is 26.0. The molecule has 6 nitrogen and oxygen atoms in total. The molecular formula is C50H95NO5. The highest BCUT2D eigenvalue weighted by molar-refractivity contribution is 5.77. The van der Waals surface area contributed by atoms with Gasteiger partial charge in [-0.2, -0.15) is 0 Å². The second-order valence-electron chi connectivity index (χ2n) is 16.9. The van der Waals surface area contributed by atoms with Gasteiger partial charge in [-0.15, -0.1) is 0 Å². The molecule has 0 aliphatic heterocycles. The van der Waals surface area contributed by atoms with Crippen molar-refractivity contribution in [2.45, 2.75) is 277 Å². The molecule has 0 aliphatic carbocycles. The van der Waals surface area contributed by atoms with E-state index in [0.717, 1.165) is 64.2 Å². The fraction of sp³-hybridized carbons (Fsp3) is 0.880. The molecular weight excluding hydrogens is 695 g/mol. The molecule has 0 aromatic rings. The number of aliphatic hydroxyl groups excluding tert-OH is 2. The summed E-state index contributed by atoms with van der Waals surface area (Å²) in [5.41, 5.74) is 0. The van der Waals surface area contributed by atoms with Crippen LogP contribution in [0.25, 0.3) is 0 Å². The fourth-order valence-corrected chi connectivity index (χ4v) is 7.54. The zero-order valence-corrected chi connectivity index (χ0v) is 37.5. The van der Waals surface area contributed by atoms with E-state index in [4.69, 9.17) is 4.74 Å². The number of carbonyl (C=O) groups is 2. The van der Waals surface area contributed by atoms with E-state index >= 15 is 0 Å². The standard InChI is InChI=1S/C50H95NO5/c1-4-7-10-13-16-19-21-23-24-25-27-29-31-34-37-40-43-50(55)56-46(41-38-35-32-18-15-12-9-6-3)44-49(54)51-47(45-52)48(53)42-39-36-33-30-28-26-22-20-17-14-11-8-5-2/h24-25,27,29,46-48,52-53H,4-23,26,28,30-45H2,1-3H3,(H,51,54)/b25-24+,29-27+. The van der Waals surface area contributed by atoms with Crippen LogP contribution in [-0.4, -0.2) is 46.9 Å². The van der Waals surface area contributed by atoms with Crippen LogP contribution in [0.3, 0.4) is 0 Å². The Balaban J connectivity index is 4.47. The average Bonchev–Trinajstić information content (AvgIpc) is 3.19. The molecule has 3 N–H and O–H groups in total. The van der Waals surface area contributed by atoms with Crippen molar-refractivity contribution in [3.05, 3.63) is 24.3 Å². The van der Waals surface area contributed by atoms with Gasteiger partial charge in [0.1, 0.15) is 6.10 Å². The Morgan fingerprint density at radius 3 is 1.32 bits per heavy atom. The van der Waals surface area contributed by atoms with Crippen molar-refractivity contribution in [2.24, 2.45) is 0 Å². The molecule has 330 valence electrons. The van der Waals surface area contributed by atoms with Gasteiger partial charge in [-0.3, -0.25) is 9.59 Å². The highest BCUT2D eigenvalue weighted by Gasteiger charge is 2.24.